The highest BCUT2D eigenvalue weighted by molar-refractivity contribution is 6.32. The molecule has 3 rings (SSSR count). The summed E-state index contributed by atoms with van der Waals surface area (Å²) in [4.78, 5) is 4.11. The molecule has 1 aliphatic carbocycles. The minimum Gasteiger partial charge on any atom is -0.508 e. The number of hydrogen-bond donors (Lipinski definition) is 2. The molecule has 19 heavy (non-hydrogen) atoms. The van der Waals surface area contributed by atoms with Crippen molar-refractivity contribution < 1.29 is 5.11 Å². The number of rotatable bonds is 2. The van der Waals surface area contributed by atoms with Crippen molar-refractivity contribution in [1.29, 1.82) is 0 Å². The molecule has 0 amide bonds. The van der Waals surface area contributed by atoms with E-state index in [1.54, 1.807) is 12.3 Å². The van der Waals surface area contributed by atoms with Crippen molar-refractivity contribution in [2.24, 2.45) is 0 Å². The van der Waals surface area contributed by atoms with E-state index < -0.39 is 0 Å². The normalized spacial score (nSPS) is 17.3. The number of aromatic nitrogens is 1. The molecular weight excluding hydrogens is 260 g/mol. The monoisotopic (exact) mass is 274 g/mol. The van der Waals surface area contributed by atoms with Crippen molar-refractivity contribution in [3.8, 4) is 5.75 Å². The van der Waals surface area contributed by atoms with E-state index in [1.807, 2.05) is 19.1 Å². The fourth-order valence-corrected chi connectivity index (χ4v) is 2.92. The second-order valence-electron chi connectivity index (χ2n) is 4.87. The number of aryl methyl sites for hydroxylation is 1. The molecular formula is C15H15ClN2O. The molecule has 1 aromatic carbocycles. The number of pyridine rings is 1. The number of fused-ring (bicyclic) bond motifs is 1. The van der Waals surface area contributed by atoms with Crippen molar-refractivity contribution in [2.75, 3.05) is 5.32 Å². The van der Waals surface area contributed by atoms with Crippen LogP contribution in [0.25, 0.3) is 0 Å². The van der Waals surface area contributed by atoms with E-state index in [0.29, 0.717) is 10.9 Å². The van der Waals surface area contributed by atoms with Crippen molar-refractivity contribution in [2.45, 2.75) is 25.8 Å². The van der Waals surface area contributed by atoms with Crippen molar-refractivity contribution in [3.63, 3.8) is 0 Å². The molecule has 4 heteroatoms. The lowest BCUT2D eigenvalue weighted by Crippen LogP contribution is -2.09. The number of phenols is 1. The molecule has 2 N–H and O–H groups in total. The molecule has 98 valence electrons. The van der Waals surface area contributed by atoms with Gasteiger partial charge in [0.2, 0.25) is 0 Å². The molecule has 1 heterocycles. The van der Waals surface area contributed by atoms with Gasteiger partial charge in [0, 0.05) is 6.20 Å². The SMILES string of the molecule is Cc1ccnc(Cl)c1NC1CCc2c(O)cccc21. The van der Waals surface area contributed by atoms with E-state index in [1.165, 1.54) is 0 Å². The van der Waals surface area contributed by atoms with Gasteiger partial charge in [-0.05, 0) is 48.6 Å². The minimum absolute atomic E-state index is 0.183. The highest BCUT2D eigenvalue weighted by Gasteiger charge is 2.25. The van der Waals surface area contributed by atoms with Gasteiger partial charge in [-0.3, -0.25) is 0 Å². The van der Waals surface area contributed by atoms with Crippen LogP contribution in [-0.2, 0) is 6.42 Å². The molecule has 0 spiro atoms. The average molecular weight is 275 g/mol. The zero-order valence-electron chi connectivity index (χ0n) is 10.7. The van der Waals surface area contributed by atoms with Gasteiger partial charge in [-0.25, -0.2) is 4.98 Å². The second-order valence-corrected chi connectivity index (χ2v) is 5.23. The summed E-state index contributed by atoms with van der Waals surface area (Å²) in [5.74, 6) is 0.385. The topological polar surface area (TPSA) is 45.2 Å². The van der Waals surface area contributed by atoms with Crippen LogP contribution in [0.5, 0.6) is 5.75 Å². The van der Waals surface area contributed by atoms with Gasteiger partial charge in [0.1, 0.15) is 5.75 Å². The predicted molar refractivity (Wildman–Crippen MR) is 76.8 cm³/mol. The van der Waals surface area contributed by atoms with E-state index in [4.69, 9.17) is 11.6 Å². The Morgan fingerprint density at radius 3 is 3.00 bits per heavy atom. The summed E-state index contributed by atoms with van der Waals surface area (Å²) in [5, 5.41) is 13.8. The smallest absolute Gasteiger partial charge is 0.152 e. The zero-order chi connectivity index (χ0) is 13.4. The van der Waals surface area contributed by atoms with Gasteiger partial charge in [-0.1, -0.05) is 23.7 Å². The third-order valence-electron chi connectivity index (χ3n) is 3.68. The van der Waals surface area contributed by atoms with Gasteiger partial charge in [-0.2, -0.15) is 0 Å². The lowest BCUT2D eigenvalue weighted by atomic mass is 10.1. The molecule has 0 saturated carbocycles. The first-order valence-electron chi connectivity index (χ1n) is 6.35. The minimum atomic E-state index is 0.183. The van der Waals surface area contributed by atoms with Crippen molar-refractivity contribution in [3.05, 3.63) is 52.3 Å². The summed E-state index contributed by atoms with van der Waals surface area (Å²) in [7, 11) is 0. The molecule has 2 aromatic rings. The van der Waals surface area contributed by atoms with E-state index in [0.717, 1.165) is 35.2 Å². The first-order chi connectivity index (χ1) is 9.16. The van der Waals surface area contributed by atoms with Crippen molar-refractivity contribution >= 4 is 17.3 Å². The average Bonchev–Trinajstić information content (AvgIpc) is 2.79. The van der Waals surface area contributed by atoms with Crippen LogP contribution in [0.2, 0.25) is 5.15 Å². The van der Waals surface area contributed by atoms with Gasteiger partial charge in [0.25, 0.3) is 0 Å². The lowest BCUT2D eigenvalue weighted by molar-refractivity contribution is 0.469. The Kier molecular flexibility index (Phi) is 3.07. The number of aromatic hydroxyl groups is 1. The molecule has 0 aliphatic heterocycles. The number of halogens is 1. The maximum absolute atomic E-state index is 9.86. The van der Waals surface area contributed by atoms with Crippen LogP contribution in [0.3, 0.4) is 0 Å². The standard InChI is InChI=1S/C15H15ClN2O/c1-9-7-8-17-15(16)14(9)18-12-6-5-11-10(12)3-2-4-13(11)19/h2-4,7-8,12,18-19H,5-6H2,1H3. The van der Waals surface area contributed by atoms with Gasteiger partial charge >= 0.3 is 0 Å². The van der Waals surface area contributed by atoms with Gasteiger partial charge in [0.05, 0.1) is 11.7 Å². The zero-order valence-corrected chi connectivity index (χ0v) is 11.4. The van der Waals surface area contributed by atoms with E-state index in [9.17, 15) is 5.11 Å². The summed E-state index contributed by atoms with van der Waals surface area (Å²) in [5.41, 5.74) is 4.15. The Balaban J connectivity index is 1.93. The third kappa shape index (κ3) is 2.15. The first kappa shape index (κ1) is 12.3. The highest BCUT2D eigenvalue weighted by atomic mass is 35.5. The molecule has 1 unspecified atom stereocenters. The van der Waals surface area contributed by atoms with Gasteiger partial charge in [0.15, 0.2) is 5.15 Å². The first-order valence-corrected chi connectivity index (χ1v) is 6.73. The Bertz CT molecular complexity index is 607. The summed E-state index contributed by atoms with van der Waals surface area (Å²) in [6, 6.07) is 7.80. The molecule has 1 atom stereocenters. The van der Waals surface area contributed by atoms with Crippen molar-refractivity contribution in [1.82, 2.24) is 4.98 Å². The van der Waals surface area contributed by atoms with Crippen LogP contribution in [0.15, 0.2) is 30.5 Å². The number of nitrogens with zero attached hydrogens (tertiary/aromatic N) is 1. The number of benzene rings is 1. The van der Waals surface area contributed by atoms with E-state index in [-0.39, 0.29) is 6.04 Å². The molecule has 0 fully saturated rings. The Morgan fingerprint density at radius 1 is 1.37 bits per heavy atom. The summed E-state index contributed by atoms with van der Waals surface area (Å²) in [6.07, 6.45) is 3.55. The molecule has 1 aliphatic rings. The van der Waals surface area contributed by atoms with Crippen LogP contribution in [0.4, 0.5) is 5.69 Å². The fourth-order valence-electron chi connectivity index (χ4n) is 2.66. The second kappa shape index (κ2) is 4.74. The largest absolute Gasteiger partial charge is 0.508 e. The predicted octanol–water partition coefficient (Wildman–Crippen LogP) is 3.85. The lowest BCUT2D eigenvalue weighted by Gasteiger charge is -2.18. The molecule has 1 aromatic heterocycles. The van der Waals surface area contributed by atoms with Crippen LogP contribution in [0.1, 0.15) is 29.2 Å². The quantitative estimate of drug-likeness (QED) is 0.818. The molecule has 0 bridgehead atoms. The van der Waals surface area contributed by atoms with E-state index in [2.05, 4.69) is 16.4 Å². The van der Waals surface area contributed by atoms with Crippen LogP contribution < -0.4 is 5.32 Å². The van der Waals surface area contributed by atoms with Crippen LogP contribution >= 0.6 is 11.6 Å². The fraction of sp³-hybridized carbons (Fsp3) is 0.267. The maximum Gasteiger partial charge on any atom is 0.152 e. The molecule has 3 nitrogen and oxygen atoms in total. The summed E-state index contributed by atoms with van der Waals surface area (Å²) < 4.78 is 0. The third-order valence-corrected chi connectivity index (χ3v) is 3.96. The van der Waals surface area contributed by atoms with Gasteiger partial charge in [-0.15, -0.1) is 0 Å². The van der Waals surface area contributed by atoms with E-state index >= 15 is 0 Å². The highest BCUT2D eigenvalue weighted by Crippen LogP contribution is 2.39. The number of phenolic OH excluding ortho intramolecular Hbond substituents is 1. The molecule has 0 radical (unpaired) electrons. The van der Waals surface area contributed by atoms with Crippen LogP contribution in [-0.4, -0.2) is 10.1 Å². The summed E-state index contributed by atoms with van der Waals surface area (Å²) in [6.45, 7) is 2.01. The molecule has 0 saturated heterocycles. The number of nitrogens with one attached hydrogen (secondary N) is 1. The summed E-state index contributed by atoms with van der Waals surface area (Å²) >= 11 is 6.14. The number of hydrogen-bond acceptors (Lipinski definition) is 3. The maximum atomic E-state index is 9.86. The Labute approximate surface area is 117 Å². The Hall–Kier alpha value is -1.74. The Morgan fingerprint density at radius 2 is 2.21 bits per heavy atom. The van der Waals surface area contributed by atoms with Crippen LogP contribution in [0, 0.1) is 6.92 Å². The number of anilines is 1. The van der Waals surface area contributed by atoms with Gasteiger partial charge < -0.3 is 10.4 Å².